The summed E-state index contributed by atoms with van der Waals surface area (Å²) in [7, 11) is 0. The number of nitrogens with one attached hydrogen (secondary N) is 1. The van der Waals surface area contributed by atoms with Gasteiger partial charge in [0.1, 0.15) is 4.88 Å². The number of amides is 2. The number of hydrogen-bond acceptors (Lipinski definition) is 7. The van der Waals surface area contributed by atoms with Crippen LogP contribution in [0.1, 0.15) is 37.9 Å². The quantitative estimate of drug-likeness (QED) is 0.903. The van der Waals surface area contributed by atoms with Gasteiger partial charge in [0.25, 0.3) is 5.91 Å². The summed E-state index contributed by atoms with van der Waals surface area (Å²) in [6.45, 7) is 6.95. The number of hydrogen-bond donors (Lipinski definition) is 1. The van der Waals surface area contributed by atoms with Gasteiger partial charge >= 0.3 is 6.09 Å². The van der Waals surface area contributed by atoms with Gasteiger partial charge in [-0.25, -0.2) is 14.8 Å². The van der Waals surface area contributed by atoms with Gasteiger partial charge in [-0.3, -0.25) is 10.1 Å². The van der Waals surface area contributed by atoms with Crippen LogP contribution in [0.3, 0.4) is 0 Å². The van der Waals surface area contributed by atoms with Gasteiger partial charge in [0.15, 0.2) is 5.13 Å². The summed E-state index contributed by atoms with van der Waals surface area (Å²) in [6, 6.07) is 0. The summed E-state index contributed by atoms with van der Waals surface area (Å²) in [4.78, 5) is 36.4. The number of ether oxygens (including phenoxy) is 1. The molecule has 2 aromatic rings. The van der Waals surface area contributed by atoms with Crippen LogP contribution in [-0.4, -0.2) is 40.0 Å². The van der Waals surface area contributed by atoms with E-state index in [1.54, 1.807) is 6.92 Å². The van der Waals surface area contributed by atoms with E-state index < -0.39 is 6.09 Å². The van der Waals surface area contributed by atoms with Crippen LogP contribution in [0.5, 0.6) is 0 Å². The summed E-state index contributed by atoms with van der Waals surface area (Å²) in [6.07, 6.45) is 0.172. The Bertz CT molecular complexity index is 784. The largest absolute Gasteiger partial charge is 0.450 e. The Hall–Kier alpha value is -2.00. The van der Waals surface area contributed by atoms with Crippen molar-refractivity contribution in [1.29, 1.82) is 0 Å². The molecule has 0 aromatic carbocycles. The van der Waals surface area contributed by atoms with Crippen LogP contribution in [0.2, 0.25) is 0 Å². The van der Waals surface area contributed by atoms with Crippen molar-refractivity contribution in [3.8, 4) is 0 Å². The minimum absolute atomic E-state index is 0.0112. The van der Waals surface area contributed by atoms with Crippen LogP contribution in [0.25, 0.3) is 0 Å². The molecule has 3 rings (SSSR count). The van der Waals surface area contributed by atoms with Gasteiger partial charge in [0, 0.05) is 17.8 Å². The average Bonchev–Trinajstić information content (AvgIpc) is 3.07. The molecular formula is C15H18N4O3S2. The molecule has 1 aliphatic heterocycles. The number of carbonyl (C=O) groups excluding carboxylic acids is 2. The summed E-state index contributed by atoms with van der Waals surface area (Å²) in [5.74, 6) is 0.0112. The van der Waals surface area contributed by atoms with Gasteiger partial charge in [0.05, 0.1) is 29.5 Å². The lowest BCUT2D eigenvalue weighted by Gasteiger charge is -2.25. The Morgan fingerprint density at radius 3 is 2.75 bits per heavy atom. The highest BCUT2D eigenvalue weighted by Crippen LogP contribution is 2.30. The lowest BCUT2D eigenvalue weighted by molar-refractivity contribution is 0.0740. The Kier molecular flexibility index (Phi) is 4.81. The molecule has 0 bridgehead atoms. The first kappa shape index (κ1) is 16.8. The fourth-order valence-corrected chi connectivity index (χ4v) is 4.45. The van der Waals surface area contributed by atoms with Crippen LogP contribution >= 0.6 is 22.7 Å². The van der Waals surface area contributed by atoms with Crippen LogP contribution in [0.15, 0.2) is 0 Å². The maximum Gasteiger partial charge on any atom is 0.413 e. The van der Waals surface area contributed by atoms with E-state index in [-0.39, 0.29) is 5.91 Å². The molecule has 0 saturated heterocycles. The Morgan fingerprint density at radius 2 is 2.08 bits per heavy atom. The Balaban J connectivity index is 1.72. The van der Waals surface area contributed by atoms with Crippen molar-refractivity contribution in [2.45, 2.75) is 33.7 Å². The van der Waals surface area contributed by atoms with Gasteiger partial charge < -0.3 is 9.64 Å². The molecular weight excluding hydrogens is 348 g/mol. The predicted octanol–water partition coefficient (Wildman–Crippen LogP) is 2.98. The molecule has 7 nitrogen and oxygen atoms in total. The predicted molar refractivity (Wildman–Crippen MR) is 92.8 cm³/mol. The van der Waals surface area contributed by atoms with Crippen molar-refractivity contribution in [2.24, 2.45) is 0 Å². The van der Waals surface area contributed by atoms with Gasteiger partial charge in [-0.15, -0.1) is 11.3 Å². The molecule has 1 aliphatic rings. The SMILES string of the molecule is CCOC(=O)Nc1nc2c(s1)CN(C(=O)c1sc(C)nc1C)CC2. The van der Waals surface area contributed by atoms with Gasteiger partial charge in [0.2, 0.25) is 0 Å². The second-order valence-electron chi connectivity index (χ2n) is 5.36. The van der Waals surface area contributed by atoms with Crippen molar-refractivity contribution < 1.29 is 14.3 Å². The number of rotatable bonds is 3. The molecule has 2 amide bonds. The third-order valence-corrected chi connectivity index (χ3v) is 5.66. The maximum atomic E-state index is 12.7. The molecule has 3 heterocycles. The zero-order valence-electron chi connectivity index (χ0n) is 13.7. The number of aryl methyl sites for hydroxylation is 2. The molecule has 1 N–H and O–H groups in total. The fourth-order valence-electron chi connectivity index (χ4n) is 2.55. The monoisotopic (exact) mass is 366 g/mol. The minimum Gasteiger partial charge on any atom is -0.450 e. The van der Waals surface area contributed by atoms with Crippen LogP contribution in [0.4, 0.5) is 9.93 Å². The Labute approximate surface area is 147 Å². The second kappa shape index (κ2) is 6.86. The summed E-state index contributed by atoms with van der Waals surface area (Å²) in [5, 5.41) is 4.03. The van der Waals surface area contributed by atoms with Crippen molar-refractivity contribution >= 4 is 39.8 Å². The van der Waals surface area contributed by atoms with Crippen molar-refractivity contribution in [2.75, 3.05) is 18.5 Å². The van der Waals surface area contributed by atoms with Crippen molar-refractivity contribution in [1.82, 2.24) is 14.9 Å². The fraction of sp³-hybridized carbons (Fsp3) is 0.467. The van der Waals surface area contributed by atoms with Crippen LogP contribution < -0.4 is 5.32 Å². The van der Waals surface area contributed by atoms with E-state index in [1.807, 2.05) is 18.7 Å². The highest BCUT2D eigenvalue weighted by Gasteiger charge is 2.27. The topological polar surface area (TPSA) is 84.4 Å². The highest BCUT2D eigenvalue weighted by atomic mass is 32.1. The third kappa shape index (κ3) is 3.41. The van der Waals surface area contributed by atoms with Gasteiger partial charge in [-0.2, -0.15) is 0 Å². The first-order valence-corrected chi connectivity index (χ1v) is 9.27. The zero-order chi connectivity index (χ0) is 17.3. The molecule has 9 heteroatoms. The number of nitrogens with zero attached hydrogens (tertiary/aromatic N) is 3. The van der Waals surface area contributed by atoms with E-state index in [2.05, 4.69) is 15.3 Å². The van der Waals surface area contributed by atoms with E-state index in [1.165, 1.54) is 22.7 Å². The minimum atomic E-state index is -0.507. The number of anilines is 1. The normalized spacial score (nSPS) is 13.5. The van der Waals surface area contributed by atoms with Crippen LogP contribution in [0, 0.1) is 13.8 Å². The first-order valence-electron chi connectivity index (χ1n) is 7.63. The molecule has 0 aliphatic carbocycles. The third-order valence-electron chi connectivity index (χ3n) is 3.60. The summed E-state index contributed by atoms with van der Waals surface area (Å²) >= 11 is 2.81. The maximum absolute atomic E-state index is 12.7. The molecule has 2 aromatic heterocycles. The van der Waals surface area contributed by atoms with Crippen molar-refractivity contribution in [3.05, 3.63) is 26.1 Å². The van der Waals surface area contributed by atoms with E-state index in [4.69, 9.17) is 4.74 Å². The Morgan fingerprint density at radius 1 is 1.29 bits per heavy atom. The molecule has 0 spiro atoms. The van der Waals surface area contributed by atoms with E-state index in [9.17, 15) is 9.59 Å². The smallest absolute Gasteiger partial charge is 0.413 e. The molecule has 0 unspecified atom stereocenters. The average molecular weight is 366 g/mol. The number of fused-ring (bicyclic) bond motifs is 1. The molecule has 0 fully saturated rings. The highest BCUT2D eigenvalue weighted by molar-refractivity contribution is 7.16. The molecule has 0 saturated carbocycles. The van der Waals surface area contributed by atoms with E-state index >= 15 is 0 Å². The van der Waals surface area contributed by atoms with E-state index in [0.29, 0.717) is 36.1 Å². The standard InChI is InChI=1S/C15H18N4O3S2/c1-4-22-15(21)18-14-17-10-5-6-19(7-11(10)24-14)13(20)12-8(2)16-9(3)23-12/h4-7H2,1-3H3,(H,17,18,21). The summed E-state index contributed by atoms with van der Waals surface area (Å²) in [5.41, 5.74) is 1.72. The van der Waals surface area contributed by atoms with Crippen molar-refractivity contribution in [3.63, 3.8) is 0 Å². The van der Waals surface area contributed by atoms with E-state index in [0.717, 1.165) is 21.3 Å². The lowest BCUT2D eigenvalue weighted by atomic mass is 10.1. The number of aromatic nitrogens is 2. The van der Waals surface area contributed by atoms with Crippen LogP contribution in [-0.2, 0) is 17.7 Å². The molecule has 24 heavy (non-hydrogen) atoms. The number of carbonyl (C=O) groups is 2. The first-order chi connectivity index (χ1) is 11.5. The van der Waals surface area contributed by atoms with Gasteiger partial charge in [-0.05, 0) is 20.8 Å². The number of thiazole rings is 2. The second-order valence-corrected chi connectivity index (χ2v) is 7.65. The lowest BCUT2D eigenvalue weighted by Crippen LogP contribution is -2.35. The summed E-state index contributed by atoms with van der Waals surface area (Å²) < 4.78 is 4.86. The molecule has 0 atom stereocenters. The molecule has 0 radical (unpaired) electrons. The zero-order valence-corrected chi connectivity index (χ0v) is 15.3. The van der Waals surface area contributed by atoms with Gasteiger partial charge in [-0.1, -0.05) is 11.3 Å². The molecule has 128 valence electrons.